The highest BCUT2D eigenvalue weighted by Gasteiger charge is 2.59. The minimum atomic E-state index is -2.48. The Labute approximate surface area is 241 Å². The maximum atomic E-state index is 15.9. The van der Waals surface area contributed by atoms with Crippen molar-refractivity contribution in [2.75, 3.05) is 0 Å². The quantitative estimate of drug-likeness (QED) is 0.283. The summed E-state index contributed by atoms with van der Waals surface area (Å²) >= 11 is 0. The minimum absolute atomic E-state index is 0.0617. The molecule has 0 aromatic carbocycles. The van der Waals surface area contributed by atoms with Crippen molar-refractivity contribution in [3.63, 3.8) is 0 Å². The van der Waals surface area contributed by atoms with Crippen LogP contribution in [0.15, 0.2) is 0 Å². The summed E-state index contributed by atoms with van der Waals surface area (Å²) in [5, 5.41) is 2.06. The predicted molar refractivity (Wildman–Crippen MR) is 187 cm³/mol. The molecule has 0 N–H and O–H groups in total. The van der Waals surface area contributed by atoms with Crippen molar-refractivity contribution in [1.29, 1.82) is 0 Å². The maximum absolute atomic E-state index is 15.9. The first-order valence-corrected chi connectivity index (χ1v) is 21.3. The van der Waals surface area contributed by atoms with E-state index in [1.807, 2.05) is 0 Å². The molecule has 0 aliphatic carbocycles. The first kappa shape index (κ1) is 36.8. The number of rotatable bonds is 6. The Morgan fingerprint density at radius 2 is 0.579 bits per heavy atom. The lowest BCUT2D eigenvalue weighted by atomic mass is 10.2. The van der Waals surface area contributed by atoms with Crippen LogP contribution in [0.2, 0.25) is 0 Å². The van der Waals surface area contributed by atoms with E-state index in [1.165, 1.54) is 0 Å². The average Bonchev–Trinajstić information content (AvgIpc) is 2.60. The number of carbonyl (C=O) groups is 2. The Hall–Kier alpha value is 0.800. The second-order valence-corrected chi connectivity index (χ2v) is 33.8. The second kappa shape index (κ2) is 11.5. The van der Waals surface area contributed by atoms with E-state index in [-0.39, 0.29) is 43.3 Å². The van der Waals surface area contributed by atoms with Crippen molar-refractivity contribution in [1.82, 2.24) is 0 Å². The van der Waals surface area contributed by atoms with Crippen molar-refractivity contribution < 1.29 is 9.59 Å². The highest BCUT2D eigenvalue weighted by Crippen LogP contribution is 2.82. The number of carbonyl (C=O) groups excluding carboxylic acids is 2. The summed E-state index contributed by atoms with van der Waals surface area (Å²) in [4.78, 5) is 31.8. The van der Waals surface area contributed by atoms with Crippen molar-refractivity contribution in [2.24, 2.45) is 0 Å². The summed E-state index contributed by atoms with van der Waals surface area (Å²) in [5.41, 5.74) is 1.58. The van der Waals surface area contributed by atoms with Crippen LogP contribution >= 0.6 is 29.6 Å². The largest absolute Gasteiger partial charge is 0.289 e. The van der Waals surface area contributed by atoms with Gasteiger partial charge in [-0.3, -0.25) is 9.59 Å². The Balaban J connectivity index is 4.89. The van der Waals surface area contributed by atoms with Crippen LogP contribution in [0.4, 0.5) is 0 Å². The molecule has 0 saturated carbocycles. The number of hydrogen-bond donors (Lipinski definition) is 0. The molecule has 38 heavy (non-hydrogen) atoms. The van der Waals surface area contributed by atoms with E-state index in [0.29, 0.717) is 11.0 Å². The zero-order chi connectivity index (χ0) is 30.8. The van der Waals surface area contributed by atoms with Gasteiger partial charge in [0.1, 0.15) is 0 Å². The van der Waals surface area contributed by atoms with Crippen molar-refractivity contribution in [3.8, 4) is 0 Å². The average molecular weight is 605 g/mol. The fraction of sp³-hybridized carbons (Fsp3) is 0.875. The van der Waals surface area contributed by atoms with Gasteiger partial charge in [-0.15, -0.1) is 0 Å². The minimum Gasteiger partial charge on any atom is -0.289 e. The van der Waals surface area contributed by atoms with Crippen LogP contribution in [0.25, 0.3) is 0 Å². The monoisotopic (exact) mass is 604 g/mol. The van der Waals surface area contributed by atoms with Gasteiger partial charge in [-0.25, -0.2) is 0 Å². The molecule has 0 unspecified atom stereocenters. The second-order valence-electron chi connectivity index (χ2n) is 16.5. The van der Waals surface area contributed by atoms with Gasteiger partial charge in [-0.2, -0.15) is 0 Å². The molecule has 0 spiro atoms. The van der Waals surface area contributed by atoms with E-state index in [4.69, 9.17) is 0 Å². The molecule has 0 amide bonds. The summed E-state index contributed by atoms with van der Waals surface area (Å²) in [5.74, 6) is 0. The Bertz CT molecular complexity index is 893. The molecule has 0 fully saturated rings. The van der Waals surface area contributed by atoms with Gasteiger partial charge in [0.05, 0.1) is 0 Å². The molecular weight excluding hydrogens is 540 g/mol. The molecule has 1 aliphatic heterocycles. The maximum Gasteiger partial charge on any atom is 0.185 e. The van der Waals surface area contributed by atoms with Crippen LogP contribution in [-0.2, 0) is 9.59 Å². The third-order valence-electron chi connectivity index (χ3n) is 8.12. The molecule has 0 bridgehead atoms. The van der Waals surface area contributed by atoms with Gasteiger partial charge in [0.25, 0.3) is 0 Å². The van der Waals surface area contributed by atoms with Crippen LogP contribution in [0.3, 0.4) is 0 Å². The van der Waals surface area contributed by atoms with E-state index >= 15 is 9.59 Å². The zero-order valence-corrected chi connectivity index (χ0v) is 32.5. The lowest BCUT2D eigenvalue weighted by Gasteiger charge is -2.56. The molecule has 1 aliphatic rings. The Kier molecular flexibility index (Phi) is 11.1. The van der Waals surface area contributed by atoms with Gasteiger partial charge >= 0.3 is 0 Å². The van der Waals surface area contributed by atoms with Crippen LogP contribution < -0.4 is 0 Å². The van der Waals surface area contributed by atoms with Crippen LogP contribution in [-0.4, -0.2) is 64.4 Å². The zero-order valence-electron chi connectivity index (χ0n) is 28.9. The van der Waals surface area contributed by atoms with Gasteiger partial charge in [-0.05, 0) is 57.0 Å². The summed E-state index contributed by atoms with van der Waals surface area (Å²) in [6.07, 6.45) is 0. The van der Waals surface area contributed by atoms with Gasteiger partial charge in [-0.1, -0.05) is 154 Å². The summed E-state index contributed by atoms with van der Waals surface area (Å²) < 4.78 is 0. The molecule has 6 heteroatoms. The van der Waals surface area contributed by atoms with Gasteiger partial charge in [0.2, 0.25) is 0 Å². The van der Waals surface area contributed by atoms with Crippen molar-refractivity contribution in [2.45, 2.75) is 182 Å². The molecule has 0 aromatic rings. The van der Waals surface area contributed by atoms with Crippen molar-refractivity contribution >= 4 is 50.7 Å². The van der Waals surface area contributed by atoms with E-state index in [2.05, 4.69) is 138 Å². The van der Waals surface area contributed by atoms with Crippen molar-refractivity contribution in [3.05, 3.63) is 0 Å². The molecular formula is C32H64O2P4. The van der Waals surface area contributed by atoms with E-state index in [9.17, 15) is 0 Å². The third-order valence-corrected chi connectivity index (χ3v) is 28.7. The standard InChI is InChI=1S/C32H64O2P4/c1-21(2)37(22(3)4)25(33)28(36(31(15,16)17)32(18,19)20)38(23(5)6,24(7)8)26(34)27(37)35(29(9,10)11)30(12,13)14/h21-24H,1-20H3. The van der Waals surface area contributed by atoms with E-state index in [1.54, 1.807) is 0 Å². The van der Waals surface area contributed by atoms with Gasteiger partial charge in [0.15, 0.2) is 11.0 Å². The molecule has 224 valence electrons. The predicted octanol–water partition coefficient (Wildman–Crippen LogP) is 11.1. The summed E-state index contributed by atoms with van der Waals surface area (Å²) in [6.45, 7) is 41.1. The topological polar surface area (TPSA) is 34.1 Å². The molecule has 0 saturated heterocycles. The summed E-state index contributed by atoms with van der Waals surface area (Å²) in [6, 6.07) is 0. The molecule has 0 aromatic heterocycles. The Morgan fingerprint density at radius 1 is 0.421 bits per heavy atom. The molecule has 0 atom stereocenters. The first-order chi connectivity index (χ1) is 16.6. The number of hydrogen-bond acceptors (Lipinski definition) is 2. The fourth-order valence-corrected chi connectivity index (χ4v) is 35.7. The van der Waals surface area contributed by atoms with E-state index in [0.717, 1.165) is 10.1 Å². The highest BCUT2D eigenvalue weighted by molar-refractivity contribution is 8.23. The molecule has 1 heterocycles. The Morgan fingerprint density at radius 3 is 0.684 bits per heavy atom. The van der Waals surface area contributed by atoms with Crippen LogP contribution in [0, 0.1) is 0 Å². The smallest absolute Gasteiger partial charge is 0.185 e. The van der Waals surface area contributed by atoms with Gasteiger partial charge in [0, 0.05) is 10.1 Å². The van der Waals surface area contributed by atoms with Crippen LogP contribution in [0.5, 0.6) is 0 Å². The normalized spacial score (nSPS) is 19.8. The first-order valence-electron chi connectivity index (χ1n) is 14.8. The highest BCUT2D eigenvalue weighted by atomic mass is 31.2. The van der Waals surface area contributed by atoms with Gasteiger partial charge < -0.3 is 0 Å². The molecule has 0 radical (unpaired) electrons. The third kappa shape index (κ3) is 5.98. The lowest BCUT2D eigenvalue weighted by molar-refractivity contribution is -0.107. The van der Waals surface area contributed by atoms with E-state index < -0.39 is 29.6 Å². The lowest BCUT2D eigenvalue weighted by Crippen LogP contribution is -2.46. The molecule has 2 nitrogen and oxygen atoms in total. The summed E-state index contributed by atoms with van der Waals surface area (Å²) in [7, 11) is -1.73. The SMILES string of the molecule is CC(C)P1(C(C)C)=C(P(C(C)(C)C)C(C)(C)C)C(=O)P(C(C)C)(C(C)C)=C(P(C(C)(C)C)C(C)(C)C)C1=O. The fourth-order valence-electron chi connectivity index (χ4n) is 7.75. The molecule has 1 rings (SSSR count). The van der Waals surface area contributed by atoms with Crippen LogP contribution in [0.1, 0.15) is 138 Å².